The second kappa shape index (κ2) is 9.62. The number of ketones is 3. The second-order valence-corrected chi connectivity index (χ2v) is 7.32. The predicted octanol–water partition coefficient (Wildman–Crippen LogP) is 2.78. The number of nitrogens with one attached hydrogen (secondary N) is 1. The van der Waals surface area contributed by atoms with Gasteiger partial charge in [-0.15, -0.1) is 0 Å². The normalized spacial score (nSPS) is 24.5. The van der Waals surface area contributed by atoms with E-state index in [1.807, 2.05) is 6.92 Å². The topological polar surface area (TPSA) is 110 Å². The number of esters is 1. The number of carbonyl (C=O) groups excluding carboxylic acids is 4. The molecule has 1 aromatic rings. The molecule has 3 atom stereocenters. The summed E-state index contributed by atoms with van der Waals surface area (Å²) in [5, 5.41) is 13.4. The van der Waals surface area contributed by atoms with Crippen LogP contribution < -0.4 is 5.32 Å². The van der Waals surface area contributed by atoms with E-state index in [1.165, 1.54) is 6.07 Å². The van der Waals surface area contributed by atoms with Gasteiger partial charge in [-0.05, 0) is 50.7 Å². The Kier molecular flexibility index (Phi) is 7.47. The van der Waals surface area contributed by atoms with E-state index >= 15 is 0 Å². The minimum absolute atomic E-state index is 0.0191. The summed E-state index contributed by atoms with van der Waals surface area (Å²) in [6, 6.07) is 3.08. The van der Waals surface area contributed by atoms with Crippen LogP contribution in [-0.2, 0) is 25.5 Å². The van der Waals surface area contributed by atoms with Crippen LogP contribution in [0.25, 0.3) is 0 Å². The molecule has 2 N–H and O–H groups in total. The lowest BCUT2D eigenvalue weighted by Gasteiger charge is -2.23. The van der Waals surface area contributed by atoms with Crippen molar-refractivity contribution >= 4 is 29.0 Å². The molecule has 29 heavy (non-hydrogen) atoms. The number of anilines is 1. The maximum absolute atomic E-state index is 14.2. The van der Waals surface area contributed by atoms with Crippen molar-refractivity contribution in [1.82, 2.24) is 0 Å². The number of cyclic esters (lactones) is 1. The number of benzene rings is 1. The number of ether oxygens (including phenoxy) is 1. The molecule has 0 fully saturated rings. The number of aryl methyl sites for hydroxylation is 1. The fraction of sp³-hybridized carbons (Fsp3) is 0.524. The molecular formula is C21H26FNO6. The Labute approximate surface area is 168 Å². The molecule has 1 aliphatic heterocycles. The van der Waals surface area contributed by atoms with Crippen molar-refractivity contribution in [2.24, 2.45) is 5.92 Å². The summed E-state index contributed by atoms with van der Waals surface area (Å²) in [5.41, 5.74) is 1.03. The zero-order chi connectivity index (χ0) is 21.7. The number of hydrogen-bond donors (Lipinski definition) is 2. The number of phenols is 1. The molecule has 158 valence electrons. The number of Topliss-reactive ketones (excluding diaryl/α,β-unsaturated/α-hetero) is 3. The van der Waals surface area contributed by atoms with Crippen LogP contribution >= 0.6 is 0 Å². The van der Waals surface area contributed by atoms with Crippen molar-refractivity contribution in [2.75, 3.05) is 11.9 Å². The van der Waals surface area contributed by atoms with E-state index in [9.17, 15) is 28.7 Å². The van der Waals surface area contributed by atoms with E-state index < -0.39 is 41.5 Å². The first-order valence-electron chi connectivity index (χ1n) is 9.71. The Morgan fingerprint density at radius 2 is 1.86 bits per heavy atom. The van der Waals surface area contributed by atoms with E-state index in [1.54, 1.807) is 19.9 Å². The minimum atomic E-state index is -2.13. The van der Waals surface area contributed by atoms with E-state index in [0.717, 1.165) is 0 Å². The molecule has 0 amide bonds. The van der Waals surface area contributed by atoms with E-state index in [-0.39, 0.29) is 37.0 Å². The highest BCUT2D eigenvalue weighted by Gasteiger charge is 2.33. The fourth-order valence-corrected chi connectivity index (χ4v) is 3.23. The van der Waals surface area contributed by atoms with E-state index in [2.05, 4.69) is 5.32 Å². The molecule has 0 aromatic heterocycles. The molecule has 0 bridgehead atoms. The van der Waals surface area contributed by atoms with E-state index in [0.29, 0.717) is 17.8 Å². The third kappa shape index (κ3) is 5.40. The van der Waals surface area contributed by atoms with Gasteiger partial charge in [-0.3, -0.25) is 14.4 Å². The number of phenolic OH excluding ortho intramolecular Hbond substituents is 1. The number of hydrogen-bond acceptors (Lipinski definition) is 7. The summed E-state index contributed by atoms with van der Waals surface area (Å²) in [6.45, 7) is 5.59. The molecule has 1 aromatic carbocycles. The number of fused-ring (bicyclic) bond motifs is 1. The predicted molar refractivity (Wildman–Crippen MR) is 104 cm³/mol. The Balaban J connectivity index is 2.43. The number of halogens is 1. The molecule has 1 unspecified atom stereocenters. The highest BCUT2D eigenvalue weighted by molar-refractivity contribution is 6.64. The lowest BCUT2D eigenvalue weighted by Crippen LogP contribution is -2.34. The van der Waals surface area contributed by atoms with Gasteiger partial charge in [0.05, 0.1) is 0 Å². The molecule has 1 heterocycles. The number of alkyl halides is 1. The Morgan fingerprint density at radius 3 is 2.52 bits per heavy atom. The summed E-state index contributed by atoms with van der Waals surface area (Å²) in [4.78, 5) is 48.5. The van der Waals surface area contributed by atoms with Gasteiger partial charge in [0, 0.05) is 24.7 Å². The van der Waals surface area contributed by atoms with Gasteiger partial charge in [0.25, 0.3) is 5.78 Å². The van der Waals surface area contributed by atoms with Gasteiger partial charge in [-0.25, -0.2) is 9.18 Å². The van der Waals surface area contributed by atoms with Crippen LogP contribution in [-0.4, -0.2) is 47.2 Å². The first-order chi connectivity index (χ1) is 13.6. The Hall–Kier alpha value is -2.77. The zero-order valence-electron chi connectivity index (χ0n) is 16.8. The zero-order valence-corrected chi connectivity index (χ0v) is 16.8. The van der Waals surface area contributed by atoms with Gasteiger partial charge in [0.1, 0.15) is 17.4 Å². The third-order valence-electron chi connectivity index (χ3n) is 5.07. The summed E-state index contributed by atoms with van der Waals surface area (Å²) in [5.74, 6) is -5.26. The molecule has 8 heteroatoms. The van der Waals surface area contributed by atoms with Crippen molar-refractivity contribution in [1.29, 1.82) is 0 Å². The lowest BCUT2D eigenvalue weighted by molar-refractivity contribution is -0.146. The first kappa shape index (κ1) is 22.5. The number of carbonyl (C=O) groups is 4. The molecule has 0 saturated heterocycles. The second-order valence-electron chi connectivity index (χ2n) is 7.32. The van der Waals surface area contributed by atoms with Crippen LogP contribution in [0.1, 0.15) is 56.0 Å². The molecule has 2 rings (SSSR count). The Bertz CT molecular complexity index is 822. The smallest absolute Gasteiger partial charge is 0.342 e. The quantitative estimate of drug-likeness (QED) is 0.573. The minimum Gasteiger partial charge on any atom is -0.507 e. The standard InChI is InChI=1S/C21H26FNO6/c1-4-23-14-9-13-6-5-7-16(24)20(27)19(26)15(22)8-11(2)12(3)29-21(28)18(13)17(25)10-14/h9-12,15,23,25H,4-8H2,1-3H3/t11-,12+,15?/m1/s1. The average Bonchev–Trinajstić information content (AvgIpc) is 2.65. The van der Waals surface area contributed by atoms with Crippen LogP contribution in [0.4, 0.5) is 10.1 Å². The monoisotopic (exact) mass is 407 g/mol. The van der Waals surface area contributed by atoms with Crippen LogP contribution in [0.2, 0.25) is 0 Å². The van der Waals surface area contributed by atoms with Gasteiger partial charge in [-0.1, -0.05) is 6.92 Å². The summed E-state index contributed by atoms with van der Waals surface area (Å²) >= 11 is 0. The maximum Gasteiger partial charge on any atom is 0.342 e. The molecule has 0 aliphatic carbocycles. The average molecular weight is 407 g/mol. The van der Waals surface area contributed by atoms with Gasteiger partial charge in [0.2, 0.25) is 11.6 Å². The third-order valence-corrected chi connectivity index (χ3v) is 5.07. The molecule has 0 spiro atoms. The summed E-state index contributed by atoms with van der Waals surface area (Å²) in [7, 11) is 0. The highest BCUT2D eigenvalue weighted by atomic mass is 19.1. The van der Waals surface area contributed by atoms with Gasteiger partial charge in [-0.2, -0.15) is 0 Å². The highest BCUT2D eigenvalue weighted by Crippen LogP contribution is 2.30. The maximum atomic E-state index is 14.2. The van der Waals surface area contributed by atoms with Crippen molar-refractivity contribution in [3.8, 4) is 5.75 Å². The van der Waals surface area contributed by atoms with Crippen LogP contribution in [0.15, 0.2) is 12.1 Å². The molecule has 1 aliphatic rings. The van der Waals surface area contributed by atoms with Gasteiger partial charge in [0.15, 0.2) is 6.17 Å². The number of rotatable bonds is 2. The number of aromatic hydroxyl groups is 1. The Morgan fingerprint density at radius 1 is 1.17 bits per heavy atom. The molecule has 7 nitrogen and oxygen atoms in total. The van der Waals surface area contributed by atoms with E-state index in [4.69, 9.17) is 4.74 Å². The first-order valence-corrected chi connectivity index (χ1v) is 9.71. The van der Waals surface area contributed by atoms with Crippen molar-refractivity contribution in [2.45, 2.75) is 58.7 Å². The van der Waals surface area contributed by atoms with Gasteiger partial charge < -0.3 is 15.2 Å². The van der Waals surface area contributed by atoms with Crippen LogP contribution in [0, 0.1) is 5.92 Å². The largest absolute Gasteiger partial charge is 0.507 e. The SMILES string of the molecule is CCNc1cc(O)c2c(c1)CCCC(=O)C(=O)C(=O)C(F)C[C@@H](C)[C@H](C)OC2=O. The van der Waals surface area contributed by atoms with Crippen molar-refractivity contribution < 1.29 is 33.4 Å². The lowest BCUT2D eigenvalue weighted by atomic mass is 9.93. The summed E-state index contributed by atoms with van der Waals surface area (Å²) < 4.78 is 19.6. The molecule has 0 radical (unpaired) electrons. The fourth-order valence-electron chi connectivity index (χ4n) is 3.23. The molecule has 0 saturated carbocycles. The van der Waals surface area contributed by atoms with Gasteiger partial charge >= 0.3 is 5.97 Å². The van der Waals surface area contributed by atoms with Crippen molar-refractivity contribution in [3.63, 3.8) is 0 Å². The van der Waals surface area contributed by atoms with Crippen LogP contribution in [0.5, 0.6) is 5.75 Å². The molecular weight excluding hydrogens is 381 g/mol. The summed E-state index contributed by atoms with van der Waals surface area (Å²) in [6.07, 6.45) is -3.19. The van der Waals surface area contributed by atoms with Crippen molar-refractivity contribution in [3.05, 3.63) is 23.3 Å². The van der Waals surface area contributed by atoms with Crippen LogP contribution in [0.3, 0.4) is 0 Å².